The standard InChI is InChI=1S/C15H20F2N2/c1-11(2)9-15(19-7-5-18-6-8-19)12-3-4-13(16)14(17)10-12/h3-4,10,15,18H,1,5-9H2,2H3/t15-/m0/s1. The van der Waals surface area contributed by atoms with Gasteiger partial charge in [-0.15, -0.1) is 6.58 Å². The molecule has 1 saturated heterocycles. The number of nitrogens with one attached hydrogen (secondary N) is 1. The predicted molar refractivity (Wildman–Crippen MR) is 73.0 cm³/mol. The van der Waals surface area contributed by atoms with Crippen LogP contribution in [0.5, 0.6) is 0 Å². The minimum absolute atomic E-state index is 0.0784. The Hall–Kier alpha value is -1.26. The number of hydrogen-bond donors (Lipinski definition) is 1. The molecule has 0 amide bonds. The lowest BCUT2D eigenvalue weighted by atomic mass is 9.98. The molecule has 1 N–H and O–H groups in total. The van der Waals surface area contributed by atoms with Gasteiger partial charge in [0.1, 0.15) is 0 Å². The molecular formula is C15H20F2N2. The second kappa shape index (κ2) is 6.26. The van der Waals surface area contributed by atoms with Crippen molar-refractivity contribution in [3.63, 3.8) is 0 Å². The maximum atomic E-state index is 13.4. The van der Waals surface area contributed by atoms with Crippen molar-refractivity contribution >= 4 is 0 Å². The van der Waals surface area contributed by atoms with Gasteiger partial charge in [0.15, 0.2) is 11.6 Å². The molecular weight excluding hydrogens is 246 g/mol. The van der Waals surface area contributed by atoms with Gasteiger partial charge < -0.3 is 5.32 Å². The average molecular weight is 266 g/mol. The summed E-state index contributed by atoms with van der Waals surface area (Å²) >= 11 is 0. The molecule has 2 rings (SSSR count). The van der Waals surface area contributed by atoms with Gasteiger partial charge in [0, 0.05) is 32.2 Å². The van der Waals surface area contributed by atoms with Gasteiger partial charge in [-0.25, -0.2) is 8.78 Å². The maximum absolute atomic E-state index is 13.4. The minimum atomic E-state index is -0.793. The second-order valence-electron chi connectivity index (χ2n) is 5.14. The van der Waals surface area contributed by atoms with Crippen LogP contribution < -0.4 is 5.32 Å². The van der Waals surface area contributed by atoms with Crippen LogP contribution in [0.15, 0.2) is 30.4 Å². The van der Waals surface area contributed by atoms with Gasteiger partial charge in [-0.05, 0) is 31.0 Å². The Bertz CT molecular complexity index is 453. The largest absolute Gasteiger partial charge is 0.314 e. The number of nitrogens with zero attached hydrogens (tertiary/aromatic N) is 1. The van der Waals surface area contributed by atoms with Crippen LogP contribution in [-0.2, 0) is 0 Å². The molecule has 1 aromatic carbocycles. The Balaban J connectivity index is 2.24. The Kier molecular flexibility index (Phi) is 4.66. The van der Waals surface area contributed by atoms with Crippen molar-refractivity contribution in [2.24, 2.45) is 0 Å². The summed E-state index contributed by atoms with van der Waals surface area (Å²) in [6, 6.07) is 4.27. The van der Waals surface area contributed by atoms with E-state index in [0.717, 1.165) is 43.7 Å². The summed E-state index contributed by atoms with van der Waals surface area (Å²) in [5.41, 5.74) is 1.87. The lowest BCUT2D eigenvalue weighted by Gasteiger charge is -2.35. The first-order chi connectivity index (χ1) is 9.08. The van der Waals surface area contributed by atoms with E-state index in [2.05, 4.69) is 16.8 Å². The molecule has 0 bridgehead atoms. The van der Waals surface area contributed by atoms with Crippen molar-refractivity contribution in [2.75, 3.05) is 26.2 Å². The van der Waals surface area contributed by atoms with E-state index < -0.39 is 11.6 Å². The fraction of sp³-hybridized carbons (Fsp3) is 0.467. The topological polar surface area (TPSA) is 15.3 Å². The molecule has 1 aliphatic heterocycles. The van der Waals surface area contributed by atoms with E-state index in [4.69, 9.17) is 0 Å². The highest BCUT2D eigenvalue weighted by molar-refractivity contribution is 5.23. The molecule has 0 unspecified atom stereocenters. The van der Waals surface area contributed by atoms with E-state index in [-0.39, 0.29) is 6.04 Å². The number of hydrogen-bond acceptors (Lipinski definition) is 2. The van der Waals surface area contributed by atoms with Gasteiger partial charge in [-0.2, -0.15) is 0 Å². The van der Waals surface area contributed by atoms with Crippen LogP contribution in [0, 0.1) is 11.6 Å². The first-order valence-electron chi connectivity index (χ1n) is 6.62. The molecule has 0 spiro atoms. The zero-order chi connectivity index (χ0) is 13.8. The van der Waals surface area contributed by atoms with Gasteiger partial charge in [0.25, 0.3) is 0 Å². The van der Waals surface area contributed by atoms with Crippen molar-refractivity contribution in [3.05, 3.63) is 47.5 Å². The Morgan fingerprint density at radius 2 is 2.00 bits per heavy atom. The van der Waals surface area contributed by atoms with E-state index >= 15 is 0 Å². The van der Waals surface area contributed by atoms with E-state index in [9.17, 15) is 8.78 Å². The minimum Gasteiger partial charge on any atom is -0.314 e. The Morgan fingerprint density at radius 3 is 2.58 bits per heavy atom. The lowest BCUT2D eigenvalue weighted by molar-refractivity contribution is 0.172. The molecule has 1 aliphatic rings. The predicted octanol–water partition coefficient (Wildman–Crippen LogP) is 2.88. The lowest BCUT2D eigenvalue weighted by Crippen LogP contribution is -2.45. The summed E-state index contributed by atoms with van der Waals surface area (Å²) < 4.78 is 26.5. The Morgan fingerprint density at radius 1 is 1.32 bits per heavy atom. The first-order valence-corrected chi connectivity index (χ1v) is 6.62. The molecule has 1 atom stereocenters. The molecule has 0 aromatic heterocycles. The highest BCUT2D eigenvalue weighted by atomic mass is 19.2. The molecule has 104 valence electrons. The van der Waals surface area contributed by atoms with Crippen LogP contribution in [0.3, 0.4) is 0 Å². The third-order valence-corrected chi connectivity index (χ3v) is 3.46. The van der Waals surface area contributed by atoms with Gasteiger partial charge in [0.2, 0.25) is 0 Å². The third-order valence-electron chi connectivity index (χ3n) is 3.46. The summed E-state index contributed by atoms with van der Waals surface area (Å²) in [6.07, 6.45) is 0.769. The molecule has 0 aliphatic carbocycles. The summed E-state index contributed by atoms with van der Waals surface area (Å²) in [5, 5.41) is 3.30. The molecule has 2 nitrogen and oxygen atoms in total. The Labute approximate surface area is 113 Å². The zero-order valence-corrected chi connectivity index (χ0v) is 11.3. The fourth-order valence-corrected chi connectivity index (χ4v) is 2.50. The van der Waals surface area contributed by atoms with Crippen molar-refractivity contribution in [2.45, 2.75) is 19.4 Å². The smallest absolute Gasteiger partial charge is 0.159 e. The van der Waals surface area contributed by atoms with Gasteiger partial charge in [-0.3, -0.25) is 4.90 Å². The third kappa shape index (κ3) is 3.61. The highest BCUT2D eigenvalue weighted by Gasteiger charge is 2.23. The van der Waals surface area contributed by atoms with Crippen molar-refractivity contribution < 1.29 is 8.78 Å². The second-order valence-corrected chi connectivity index (χ2v) is 5.14. The number of rotatable bonds is 4. The molecule has 4 heteroatoms. The van der Waals surface area contributed by atoms with Crippen LogP contribution in [0.1, 0.15) is 24.9 Å². The summed E-state index contributed by atoms with van der Waals surface area (Å²) in [5.74, 6) is -1.57. The molecule has 0 radical (unpaired) electrons. The van der Waals surface area contributed by atoms with Gasteiger partial charge >= 0.3 is 0 Å². The highest BCUT2D eigenvalue weighted by Crippen LogP contribution is 2.28. The quantitative estimate of drug-likeness (QED) is 0.843. The fourth-order valence-electron chi connectivity index (χ4n) is 2.50. The van der Waals surface area contributed by atoms with Crippen molar-refractivity contribution in [1.29, 1.82) is 0 Å². The van der Waals surface area contributed by atoms with Crippen LogP contribution in [0.25, 0.3) is 0 Å². The molecule has 1 aromatic rings. The molecule has 0 saturated carbocycles. The number of halogens is 2. The number of piperazine rings is 1. The SMILES string of the molecule is C=C(C)C[C@@H](c1ccc(F)c(F)c1)N1CCNCC1. The van der Waals surface area contributed by atoms with Crippen molar-refractivity contribution in [3.8, 4) is 0 Å². The summed E-state index contributed by atoms with van der Waals surface area (Å²) in [6.45, 7) is 9.59. The molecule has 1 fully saturated rings. The van der Waals surface area contributed by atoms with E-state index in [0.29, 0.717) is 0 Å². The maximum Gasteiger partial charge on any atom is 0.159 e. The van der Waals surface area contributed by atoms with Crippen LogP contribution in [0.2, 0.25) is 0 Å². The van der Waals surface area contributed by atoms with Crippen LogP contribution >= 0.6 is 0 Å². The first kappa shape index (κ1) is 14.2. The normalized spacial score (nSPS) is 18.3. The number of benzene rings is 1. The van der Waals surface area contributed by atoms with E-state index in [1.165, 1.54) is 12.1 Å². The zero-order valence-electron chi connectivity index (χ0n) is 11.3. The average Bonchev–Trinajstić information content (AvgIpc) is 2.40. The molecule has 19 heavy (non-hydrogen) atoms. The van der Waals surface area contributed by atoms with E-state index in [1.54, 1.807) is 6.07 Å². The van der Waals surface area contributed by atoms with Gasteiger partial charge in [-0.1, -0.05) is 11.6 Å². The van der Waals surface area contributed by atoms with Crippen molar-refractivity contribution in [1.82, 2.24) is 10.2 Å². The van der Waals surface area contributed by atoms with E-state index in [1.807, 2.05) is 6.92 Å². The summed E-state index contributed by atoms with van der Waals surface area (Å²) in [7, 11) is 0. The molecule has 1 heterocycles. The monoisotopic (exact) mass is 266 g/mol. The van der Waals surface area contributed by atoms with Gasteiger partial charge in [0.05, 0.1) is 0 Å². The summed E-state index contributed by atoms with van der Waals surface area (Å²) in [4.78, 5) is 2.30. The van der Waals surface area contributed by atoms with Crippen LogP contribution in [-0.4, -0.2) is 31.1 Å². The van der Waals surface area contributed by atoms with Crippen LogP contribution in [0.4, 0.5) is 8.78 Å².